The number of anilines is 2. The van der Waals surface area contributed by atoms with Gasteiger partial charge in [0, 0.05) is 23.4 Å². The Labute approximate surface area is 157 Å². The standard InChI is InChI=1S/C21H19N5O/c1-15-12-19(24-21(22-15)14-27-17-10-6-3-7-11-17)23-20-13-18(25-26-20)16-8-4-2-5-9-16/h2-13H,14H2,1H3,(H2,22,23,24,25,26). The Balaban J connectivity index is 1.48. The van der Waals surface area contributed by atoms with Gasteiger partial charge in [-0.3, -0.25) is 5.10 Å². The fourth-order valence-corrected chi connectivity index (χ4v) is 2.70. The number of aromatic nitrogens is 4. The van der Waals surface area contributed by atoms with Gasteiger partial charge in [-0.2, -0.15) is 5.10 Å². The van der Waals surface area contributed by atoms with Gasteiger partial charge in [0.1, 0.15) is 24.0 Å². The number of aromatic amines is 1. The number of nitrogens with zero attached hydrogens (tertiary/aromatic N) is 3. The summed E-state index contributed by atoms with van der Waals surface area (Å²) in [7, 11) is 0. The summed E-state index contributed by atoms with van der Waals surface area (Å²) in [6, 6.07) is 23.5. The second-order valence-corrected chi connectivity index (χ2v) is 6.07. The summed E-state index contributed by atoms with van der Waals surface area (Å²) in [6.45, 7) is 2.24. The molecule has 2 aromatic carbocycles. The Bertz CT molecular complexity index is 1020. The highest BCUT2D eigenvalue weighted by atomic mass is 16.5. The molecule has 134 valence electrons. The lowest BCUT2D eigenvalue weighted by molar-refractivity contribution is 0.295. The first kappa shape index (κ1) is 16.8. The summed E-state index contributed by atoms with van der Waals surface area (Å²) in [6.07, 6.45) is 0. The fraction of sp³-hybridized carbons (Fsp3) is 0.0952. The van der Waals surface area contributed by atoms with Gasteiger partial charge in [-0.1, -0.05) is 48.5 Å². The lowest BCUT2D eigenvalue weighted by atomic mass is 10.2. The Kier molecular flexibility index (Phi) is 4.78. The summed E-state index contributed by atoms with van der Waals surface area (Å²) in [5.41, 5.74) is 2.79. The molecule has 2 aromatic heterocycles. The van der Waals surface area contributed by atoms with E-state index in [-0.39, 0.29) is 0 Å². The highest BCUT2D eigenvalue weighted by molar-refractivity contribution is 5.64. The van der Waals surface area contributed by atoms with Crippen LogP contribution in [0.4, 0.5) is 11.6 Å². The largest absolute Gasteiger partial charge is 0.486 e. The van der Waals surface area contributed by atoms with E-state index in [0.29, 0.717) is 18.2 Å². The topological polar surface area (TPSA) is 75.7 Å². The zero-order valence-electron chi connectivity index (χ0n) is 14.9. The van der Waals surface area contributed by atoms with Gasteiger partial charge in [0.15, 0.2) is 5.82 Å². The predicted octanol–water partition coefficient (Wildman–Crippen LogP) is 4.50. The number of rotatable bonds is 6. The molecule has 0 atom stereocenters. The Hall–Kier alpha value is -3.67. The number of hydrogen-bond acceptors (Lipinski definition) is 5. The molecule has 0 aliphatic heterocycles. The monoisotopic (exact) mass is 357 g/mol. The molecule has 4 rings (SSSR count). The van der Waals surface area contributed by atoms with E-state index in [4.69, 9.17) is 4.74 Å². The zero-order chi connectivity index (χ0) is 18.5. The van der Waals surface area contributed by atoms with Crippen molar-refractivity contribution in [3.8, 4) is 17.0 Å². The van der Waals surface area contributed by atoms with E-state index in [1.807, 2.05) is 79.7 Å². The Morgan fingerprint density at radius 3 is 2.44 bits per heavy atom. The second-order valence-electron chi connectivity index (χ2n) is 6.07. The van der Waals surface area contributed by atoms with Crippen molar-refractivity contribution in [1.82, 2.24) is 20.2 Å². The van der Waals surface area contributed by atoms with Crippen LogP contribution in [0.15, 0.2) is 72.8 Å². The van der Waals surface area contributed by atoms with Crippen molar-refractivity contribution in [2.75, 3.05) is 5.32 Å². The summed E-state index contributed by atoms with van der Waals surface area (Å²) < 4.78 is 5.74. The maximum absolute atomic E-state index is 5.74. The molecular weight excluding hydrogens is 338 g/mol. The van der Waals surface area contributed by atoms with Gasteiger partial charge in [-0.15, -0.1) is 0 Å². The minimum absolute atomic E-state index is 0.304. The molecular formula is C21H19N5O. The van der Waals surface area contributed by atoms with Crippen LogP contribution in [0, 0.1) is 6.92 Å². The summed E-state index contributed by atoms with van der Waals surface area (Å²) in [5, 5.41) is 10.6. The SMILES string of the molecule is Cc1cc(Nc2cc(-c3ccccc3)n[nH]2)nc(COc2ccccc2)n1. The number of benzene rings is 2. The van der Waals surface area contributed by atoms with Crippen molar-refractivity contribution in [2.24, 2.45) is 0 Å². The van der Waals surface area contributed by atoms with E-state index in [0.717, 1.165) is 28.5 Å². The van der Waals surface area contributed by atoms with Crippen LogP contribution in [0.3, 0.4) is 0 Å². The molecule has 0 radical (unpaired) electrons. The van der Waals surface area contributed by atoms with Gasteiger partial charge < -0.3 is 10.1 Å². The van der Waals surface area contributed by atoms with Gasteiger partial charge in [0.05, 0.1) is 5.69 Å². The molecule has 0 saturated heterocycles. The van der Waals surface area contributed by atoms with Gasteiger partial charge in [-0.25, -0.2) is 9.97 Å². The maximum Gasteiger partial charge on any atom is 0.168 e. The highest BCUT2D eigenvalue weighted by Crippen LogP contribution is 2.21. The minimum atomic E-state index is 0.304. The minimum Gasteiger partial charge on any atom is -0.486 e. The molecule has 0 amide bonds. The first-order valence-electron chi connectivity index (χ1n) is 8.66. The van der Waals surface area contributed by atoms with Gasteiger partial charge in [0.2, 0.25) is 0 Å². The molecule has 0 bridgehead atoms. The Morgan fingerprint density at radius 2 is 1.67 bits per heavy atom. The Morgan fingerprint density at radius 1 is 0.926 bits per heavy atom. The molecule has 4 aromatic rings. The van der Waals surface area contributed by atoms with E-state index < -0.39 is 0 Å². The number of hydrogen-bond donors (Lipinski definition) is 2. The van der Waals surface area contributed by atoms with Crippen LogP contribution in [0.25, 0.3) is 11.3 Å². The van der Waals surface area contributed by atoms with Gasteiger partial charge in [-0.05, 0) is 19.1 Å². The van der Waals surface area contributed by atoms with Crippen LogP contribution < -0.4 is 10.1 Å². The van der Waals surface area contributed by atoms with E-state index in [1.54, 1.807) is 0 Å². The second kappa shape index (κ2) is 7.70. The molecule has 0 unspecified atom stereocenters. The van der Waals surface area contributed by atoms with Crippen molar-refractivity contribution in [3.05, 3.63) is 84.3 Å². The summed E-state index contributed by atoms with van der Waals surface area (Å²) in [4.78, 5) is 8.97. The molecule has 0 spiro atoms. The van der Waals surface area contributed by atoms with Crippen molar-refractivity contribution >= 4 is 11.6 Å². The molecule has 6 heteroatoms. The van der Waals surface area contributed by atoms with Crippen LogP contribution in [-0.2, 0) is 6.61 Å². The summed E-state index contributed by atoms with van der Waals surface area (Å²) in [5.74, 6) is 2.86. The quantitative estimate of drug-likeness (QED) is 0.531. The van der Waals surface area contributed by atoms with Crippen LogP contribution >= 0.6 is 0 Å². The lowest BCUT2D eigenvalue weighted by Gasteiger charge is -2.08. The normalized spacial score (nSPS) is 10.6. The average Bonchev–Trinajstić information content (AvgIpc) is 3.16. The smallest absolute Gasteiger partial charge is 0.168 e. The molecule has 27 heavy (non-hydrogen) atoms. The van der Waals surface area contributed by atoms with E-state index >= 15 is 0 Å². The molecule has 0 aliphatic carbocycles. The van der Waals surface area contributed by atoms with Crippen LogP contribution in [0.1, 0.15) is 11.5 Å². The predicted molar refractivity (Wildman–Crippen MR) is 105 cm³/mol. The van der Waals surface area contributed by atoms with Gasteiger partial charge >= 0.3 is 0 Å². The number of para-hydroxylation sites is 1. The molecule has 2 heterocycles. The molecule has 0 aliphatic rings. The van der Waals surface area contributed by atoms with E-state index in [2.05, 4.69) is 25.5 Å². The number of H-pyrrole nitrogens is 1. The number of aryl methyl sites for hydroxylation is 1. The fourth-order valence-electron chi connectivity index (χ4n) is 2.70. The van der Waals surface area contributed by atoms with Crippen LogP contribution in [-0.4, -0.2) is 20.2 Å². The third-order valence-corrected chi connectivity index (χ3v) is 3.92. The molecule has 0 saturated carbocycles. The summed E-state index contributed by atoms with van der Waals surface area (Å²) >= 11 is 0. The van der Waals surface area contributed by atoms with Crippen LogP contribution in [0.2, 0.25) is 0 Å². The van der Waals surface area contributed by atoms with E-state index in [9.17, 15) is 0 Å². The molecule has 2 N–H and O–H groups in total. The average molecular weight is 357 g/mol. The van der Waals surface area contributed by atoms with E-state index in [1.165, 1.54) is 0 Å². The molecule has 0 fully saturated rings. The highest BCUT2D eigenvalue weighted by Gasteiger charge is 2.07. The van der Waals surface area contributed by atoms with Crippen molar-refractivity contribution in [2.45, 2.75) is 13.5 Å². The third-order valence-electron chi connectivity index (χ3n) is 3.92. The lowest BCUT2D eigenvalue weighted by Crippen LogP contribution is -2.05. The zero-order valence-corrected chi connectivity index (χ0v) is 14.9. The van der Waals surface area contributed by atoms with Crippen molar-refractivity contribution < 1.29 is 4.74 Å². The van der Waals surface area contributed by atoms with Crippen LogP contribution in [0.5, 0.6) is 5.75 Å². The molecule has 6 nitrogen and oxygen atoms in total. The van der Waals surface area contributed by atoms with Crippen molar-refractivity contribution in [3.63, 3.8) is 0 Å². The van der Waals surface area contributed by atoms with Gasteiger partial charge in [0.25, 0.3) is 0 Å². The third kappa shape index (κ3) is 4.30. The maximum atomic E-state index is 5.74. The first-order chi connectivity index (χ1) is 13.3. The number of nitrogens with one attached hydrogen (secondary N) is 2. The van der Waals surface area contributed by atoms with Crippen molar-refractivity contribution in [1.29, 1.82) is 0 Å². The number of ether oxygens (including phenoxy) is 1. The first-order valence-corrected chi connectivity index (χ1v) is 8.66.